The maximum absolute atomic E-state index is 12.0. The topological polar surface area (TPSA) is 95.2 Å². The van der Waals surface area contributed by atoms with Gasteiger partial charge in [0.25, 0.3) is 0 Å². The largest absolute Gasteiger partial charge is 0.350 e. The number of amides is 1. The van der Waals surface area contributed by atoms with Gasteiger partial charge in [0.1, 0.15) is 0 Å². The van der Waals surface area contributed by atoms with Crippen LogP contribution in [0, 0.1) is 0 Å². The third-order valence-electron chi connectivity index (χ3n) is 4.40. The quantitative estimate of drug-likeness (QED) is 0.787. The van der Waals surface area contributed by atoms with Gasteiger partial charge in [0.15, 0.2) is 9.84 Å². The fraction of sp³-hybridized carbons (Fsp3) is 0.750. The summed E-state index contributed by atoms with van der Waals surface area (Å²) in [5.74, 6) is 0.411. The van der Waals surface area contributed by atoms with Crippen molar-refractivity contribution in [3.05, 3.63) is 17.5 Å². The first-order chi connectivity index (χ1) is 11.1. The standard InChI is InChI=1S/C16H28N4O3S/c1-16(2,3)14-9-12(18-19-14)10-17-15(21)5-7-20(4)13-6-8-24(22,23)11-13/h9,13H,5-8,10-11H2,1-4H3,(H,17,21)(H,18,19)/t13-/m1/s1. The highest BCUT2D eigenvalue weighted by Gasteiger charge is 2.30. The number of aromatic nitrogens is 2. The van der Waals surface area contributed by atoms with Crippen molar-refractivity contribution in [3.8, 4) is 0 Å². The van der Waals surface area contributed by atoms with Crippen molar-refractivity contribution in [1.82, 2.24) is 20.4 Å². The fourth-order valence-electron chi connectivity index (χ4n) is 2.70. The second kappa shape index (κ2) is 7.23. The minimum Gasteiger partial charge on any atom is -0.350 e. The molecule has 2 rings (SSSR count). The van der Waals surface area contributed by atoms with Crippen molar-refractivity contribution in [3.63, 3.8) is 0 Å². The van der Waals surface area contributed by atoms with E-state index in [1.165, 1.54) is 0 Å². The molecule has 0 bridgehead atoms. The Bertz CT molecular complexity index is 676. The Kier molecular flexibility index (Phi) is 5.70. The Labute approximate surface area is 144 Å². The molecule has 2 heterocycles. The predicted octanol–water partition coefficient (Wildman–Crippen LogP) is 0.832. The van der Waals surface area contributed by atoms with E-state index in [1.807, 2.05) is 18.0 Å². The third-order valence-corrected chi connectivity index (χ3v) is 6.15. The van der Waals surface area contributed by atoms with Crippen LogP contribution in [0.25, 0.3) is 0 Å². The van der Waals surface area contributed by atoms with Crippen LogP contribution in [-0.2, 0) is 26.6 Å². The molecule has 1 aliphatic heterocycles. The molecular weight excluding hydrogens is 328 g/mol. The van der Waals surface area contributed by atoms with E-state index < -0.39 is 9.84 Å². The van der Waals surface area contributed by atoms with E-state index in [-0.39, 0.29) is 28.9 Å². The van der Waals surface area contributed by atoms with Crippen molar-refractivity contribution in [2.24, 2.45) is 0 Å². The van der Waals surface area contributed by atoms with Gasteiger partial charge in [-0.1, -0.05) is 20.8 Å². The van der Waals surface area contributed by atoms with Crippen LogP contribution in [0.1, 0.15) is 45.0 Å². The molecule has 0 aliphatic carbocycles. The predicted molar refractivity (Wildman–Crippen MR) is 93.4 cm³/mol. The van der Waals surface area contributed by atoms with Crippen molar-refractivity contribution in [1.29, 1.82) is 0 Å². The molecule has 1 saturated heterocycles. The maximum atomic E-state index is 12.0. The highest BCUT2D eigenvalue weighted by molar-refractivity contribution is 7.91. The van der Waals surface area contributed by atoms with Gasteiger partial charge in [0.05, 0.1) is 29.4 Å². The molecule has 1 aromatic rings. The maximum Gasteiger partial charge on any atom is 0.221 e. The van der Waals surface area contributed by atoms with Crippen LogP contribution in [0.4, 0.5) is 0 Å². The number of hydrogen-bond donors (Lipinski definition) is 2. The van der Waals surface area contributed by atoms with Crippen molar-refractivity contribution in [2.75, 3.05) is 25.1 Å². The molecule has 1 fully saturated rings. The third kappa shape index (κ3) is 5.31. The van der Waals surface area contributed by atoms with Gasteiger partial charge in [-0.2, -0.15) is 5.10 Å². The molecule has 7 nitrogen and oxygen atoms in total. The number of carbonyl (C=O) groups excluding carboxylic acids is 1. The number of nitrogens with zero attached hydrogens (tertiary/aromatic N) is 2. The highest BCUT2D eigenvalue weighted by Crippen LogP contribution is 2.20. The van der Waals surface area contributed by atoms with Gasteiger partial charge in [0, 0.05) is 24.4 Å². The Balaban J connectivity index is 1.73. The molecule has 2 N–H and O–H groups in total. The van der Waals surface area contributed by atoms with E-state index in [9.17, 15) is 13.2 Å². The molecule has 0 aromatic carbocycles. The molecule has 0 radical (unpaired) electrons. The van der Waals surface area contributed by atoms with E-state index in [4.69, 9.17) is 0 Å². The number of sulfone groups is 1. The number of H-pyrrole nitrogens is 1. The van der Waals surface area contributed by atoms with Crippen molar-refractivity contribution < 1.29 is 13.2 Å². The van der Waals surface area contributed by atoms with E-state index >= 15 is 0 Å². The van der Waals surface area contributed by atoms with Crippen molar-refractivity contribution in [2.45, 2.75) is 51.6 Å². The molecule has 1 aliphatic rings. The van der Waals surface area contributed by atoms with E-state index in [0.717, 1.165) is 11.4 Å². The van der Waals surface area contributed by atoms with Crippen LogP contribution >= 0.6 is 0 Å². The van der Waals surface area contributed by atoms with Crippen molar-refractivity contribution >= 4 is 15.7 Å². The summed E-state index contributed by atoms with van der Waals surface area (Å²) in [6.07, 6.45) is 1.01. The average Bonchev–Trinajstić information content (AvgIpc) is 3.08. The lowest BCUT2D eigenvalue weighted by Crippen LogP contribution is -2.36. The molecule has 136 valence electrons. The molecule has 8 heteroatoms. The summed E-state index contributed by atoms with van der Waals surface area (Å²) in [5.41, 5.74) is 1.82. The second-order valence-corrected chi connectivity index (χ2v) is 9.82. The van der Waals surface area contributed by atoms with Crippen LogP contribution in [0.5, 0.6) is 0 Å². The number of hydrogen-bond acceptors (Lipinski definition) is 5. The second-order valence-electron chi connectivity index (χ2n) is 7.59. The summed E-state index contributed by atoms with van der Waals surface area (Å²) in [5, 5.41) is 10.1. The van der Waals surface area contributed by atoms with Gasteiger partial charge in [0.2, 0.25) is 5.91 Å². The SMILES string of the molecule is CN(CCC(=O)NCc1cc(C(C)(C)C)n[nH]1)[C@@H]1CCS(=O)(=O)C1. The Hall–Kier alpha value is -1.41. The molecule has 0 saturated carbocycles. The molecule has 24 heavy (non-hydrogen) atoms. The minimum atomic E-state index is -2.89. The summed E-state index contributed by atoms with van der Waals surface area (Å²) < 4.78 is 23.0. The van der Waals surface area contributed by atoms with E-state index in [2.05, 4.69) is 36.3 Å². The smallest absolute Gasteiger partial charge is 0.221 e. The zero-order chi connectivity index (χ0) is 18.0. The van der Waals surface area contributed by atoms with Gasteiger partial charge in [-0.25, -0.2) is 8.42 Å². The lowest BCUT2D eigenvalue weighted by Gasteiger charge is -2.22. The molecule has 0 spiro atoms. The summed E-state index contributed by atoms with van der Waals surface area (Å²) in [7, 11) is -1.01. The first kappa shape index (κ1) is 18.9. The lowest BCUT2D eigenvalue weighted by molar-refractivity contribution is -0.121. The normalized spacial score (nSPS) is 20.5. The van der Waals surface area contributed by atoms with Gasteiger partial charge >= 0.3 is 0 Å². The van der Waals surface area contributed by atoms with Gasteiger partial charge in [-0.15, -0.1) is 0 Å². The minimum absolute atomic E-state index is 0.0247. The monoisotopic (exact) mass is 356 g/mol. The zero-order valence-corrected chi connectivity index (χ0v) is 15.7. The summed E-state index contributed by atoms with van der Waals surface area (Å²) in [4.78, 5) is 13.9. The van der Waals surface area contributed by atoms with E-state index in [1.54, 1.807) is 0 Å². The molecular formula is C16H28N4O3S. The van der Waals surface area contributed by atoms with Gasteiger partial charge < -0.3 is 10.2 Å². The fourth-order valence-corrected chi connectivity index (χ4v) is 4.51. The van der Waals surface area contributed by atoms with Crippen LogP contribution in [0.3, 0.4) is 0 Å². The lowest BCUT2D eigenvalue weighted by atomic mass is 9.92. The number of aromatic amines is 1. The number of nitrogens with one attached hydrogen (secondary N) is 2. The van der Waals surface area contributed by atoms with Crippen LogP contribution in [0.2, 0.25) is 0 Å². The summed E-state index contributed by atoms with van der Waals surface area (Å²) in [6.45, 7) is 7.24. The van der Waals surface area contributed by atoms with Crippen LogP contribution in [0.15, 0.2) is 6.07 Å². The molecule has 1 amide bonds. The van der Waals surface area contributed by atoms with Crippen LogP contribution < -0.4 is 5.32 Å². The summed E-state index contributed by atoms with van der Waals surface area (Å²) in [6, 6.07) is 2.00. The van der Waals surface area contributed by atoms with Gasteiger partial charge in [-0.05, 0) is 19.5 Å². The van der Waals surface area contributed by atoms with Crippen LogP contribution in [-0.4, -0.2) is 60.6 Å². The average molecular weight is 356 g/mol. The molecule has 1 aromatic heterocycles. The van der Waals surface area contributed by atoms with E-state index in [0.29, 0.717) is 25.9 Å². The number of carbonyl (C=O) groups is 1. The zero-order valence-electron chi connectivity index (χ0n) is 14.9. The highest BCUT2D eigenvalue weighted by atomic mass is 32.2. The molecule has 0 unspecified atom stereocenters. The Morgan fingerprint density at radius 3 is 2.71 bits per heavy atom. The Morgan fingerprint density at radius 2 is 2.17 bits per heavy atom. The Morgan fingerprint density at radius 1 is 1.46 bits per heavy atom. The first-order valence-electron chi connectivity index (χ1n) is 8.29. The first-order valence-corrected chi connectivity index (χ1v) is 10.1. The summed E-state index contributed by atoms with van der Waals surface area (Å²) >= 11 is 0. The number of rotatable bonds is 6. The van der Waals surface area contributed by atoms with Gasteiger partial charge in [-0.3, -0.25) is 9.89 Å². The molecule has 1 atom stereocenters.